The maximum atomic E-state index is 12.8. The number of hydrogen-bond acceptors (Lipinski definition) is 8. The summed E-state index contributed by atoms with van der Waals surface area (Å²) < 4.78 is 16.6. The van der Waals surface area contributed by atoms with Crippen LogP contribution in [0, 0.1) is 5.92 Å². The van der Waals surface area contributed by atoms with E-state index in [2.05, 4.69) is 32.7 Å². The number of morpholine rings is 1. The summed E-state index contributed by atoms with van der Waals surface area (Å²) in [5.74, 6) is 1.50. The van der Waals surface area contributed by atoms with Crippen LogP contribution in [0.3, 0.4) is 0 Å². The second-order valence-electron chi connectivity index (χ2n) is 8.23. The predicted molar refractivity (Wildman–Crippen MR) is 107 cm³/mol. The summed E-state index contributed by atoms with van der Waals surface area (Å²) >= 11 is 0. The molecule has 0 saturated carbocycles. The molecule has 0 aliphatic carbocycles. The largest absolute Gasteiger partial charge is 0.420 e. The molecule has 1 aromatic carbocycles. The summed E-state index contributed by atoms with van der Waals surface area (Å²) in [4.78, 5) is 15.2. The van der Waals surface area contributed by atoms with Crippen molar-refractivity contribution in [3.8, 4) is 11.8 Å². The Morgan fingerprint density at radius 2 is 2.03 bits per heavy atom. The molecule has 0 spiro atoms. The molecule has 4 aliphatic heterocycles. The van der Waals surface area contributed by atoms with Gasteiger partial charge in [-0.25, -0.2) is 0 Å². The maximum absolute atomic E-state index is 12.8. The molecule has 1 amide bonds. The van der Waals surface area contributed by atoms with Crippen LogP contribution >= 0.6 is 0 Å². The second kappa shape index (κ2) is 8.33. The van der Waals surface area contributed by atoms with Gasteiger partial charge in [-0.1, -0.05) is 5.10 Å². The molecular formula is C21H27N5O4. The van der Waals surface area contributed by atoms with Gasteiger partial charge in [0.15, 0.2) is 0 Å². The summed E-state index contributed by atoms with van der Waals surface area (Å²) in [5.41, 5.74) is 0.612. The number of hydrogen-bond donors (Lipinski definition) is 2. The molecule has 9 heteroatoms. The van der Waals surface area contributed by atoms with Gasteiger partial charge in [0.25, 0.3) is 5.91 Å². The highest BCUT2D eigenvalue weighted by Crippen LogP contribution is 2.32. The SMILES string of the molecule is C[C@H]1[C@H](NC(=O)c2ccc(Oc3nnc(C4COCCN4)o3)cc2)C2CCN1CC2. The van der Waals surface area contributed by atoms with Crippen molar-refractivity contribution in [1.29, 1.82) is 0 Å². The van der Waals surface area contributed by atoms with Gasteiger partial charge in [-0.05, 0) is 63.0 Å². The summed E-state index contributed by atoms with van der Waals surface area (Å²) in [6.07, 6.45) is 2.39. The zero-order valence-electron chi connectivity index (χ0n) is 17.0. The molecule has 4 aliphatic rings. The third-order valence-corrected chi connectivity index (χ3v) is 6.44. The van der Waals surface area contributed by atoms with Crippen molar-refractivity contribution < 1.29 is 18.7 Å². The Kier molecular flexibility index (Phi) is 5.41. The molecule has 1 aromatic heterocycles. The van der Waals surface area contributed by atoms with Gasteiger partial charge < -0.3 is 24.5 Å². The Hall–Kier alpha value is -2.49. The van der Waals surface area contributed by atoms with E-state index in [1.165, 1.54) is 0 Å². The van der Waals surface area contributed by atoms with Crippen LogP contribution in [0.15, 0.2) is 28.7 Å². The van der Waals surface area contributed by atoms with Crippen molar-refractivity contribution in [2.75, 3.05) is 32.8 Å². The minimum absolute atomic E-state index is 0.0457. The van der Waals surface area contributed by atoms with Crippen LogP contribution in [0.5, 0.6) is 11.8 Å². The van der Waals surface area contributed by atoms with Crippen LogP contribution in [0.25, 0.3) is 0 Å². The molecular weight excluding hydrogens is 386 g/mol. The number of rotatable bonds is 5. The number of nitrogens with one attached hydrogen (secondary N) is 2. The van der Waals surface area contributed by atoms with Gasteiger partial charge in [0.1, 0.15) is 11.8 Å². The van der Waals surface area contributed by atoms with E-state index in [9.17, 15) is 4.79 Å². The molecule has 9 nitrogen and oxygen atoms in total. The fraction of sp³-hybridized carbons (Fsp3) is 0.571. The van der Waals surface area contributed by atoms with Gasteiger partial charge in [-0.15, -0.1) is 5.10 Å². The number of aromatic nitrogens is 2. The molecule has 4 fully saturated rings. The van der Waals surface area contributed by atoms with Crippen LogP contribution in [0.2, 0.25) is 0 Å². The lowest BCUT2D eigenvalue weighted by Crippen LogP contribution is -2.62. The van der Waals surface area contributed by atoms with E-state index in [4.69, 9.17) is 13.9 Å². The van der Waals surface area contributed by atoms with Crippen LogP contribution in [0.1, 0.15) is 42.1 Å². The smallest absolute Gasteiger partial charge is 0.410 e. The zero-order valence-corrected chi connectivity index (χ0v) is 17.0. The summed E-state index contributed by atoms with van der Waals surface area (Å²) in [6, 6.07) is 7.46. The maximum Gasteiger partial charge on any atom is 0.420 e. The molecule has 5 heterocycles. The van der Waals surface area contributed by atoms with E-state index in [0.717, 1.165) is 32.5 Å². The Balaban J connectivity index is 1.19. The molecule has 6 rings (SSSR count). The van der Waals surface area contributed by atoms with Gasteiger partial charge in [0.2, 0.25) is 5.89 Å². The number of carbonyl (C=O) groups is 1. The quantitative estimate of drug-likeness (QED) is 0.764. The van der Waals surface area contributed by atoms with Gasteiger partial charge >= 0.3 is 6.08 Å². The van der Waals surface area contributed by atoms with Gasteiger partial charge in [-0.2, -0.15) is 0 Å². The number of fused-ring (bicyclic) bond motifs is 3. The first-order valence-corrected chi connectivity index (χ1v) is 10.6. The number of ether oxygens (including phenoxy) is 2. The van der Waals surface area contributed by atoms with Crippen molar-refractivity contribution in [2.24, 2.45) is 5.92 Å². The average molecular weight is 413 g/mol. The van der Waals surface area contributed by atoms with E-state index in [-0.39, 0.29) is 24.1 Å². The van der Waals surface area contributed by atoms with E-state index < -0.39 is 0 Å². The fourth-order valence-corrected chi connectivity index (χ4v) is 4.68. The van der Waals surface area contributed by atoms with E-state index in [1.54, 1.807) is 24.3 Å². The fourth-order valence-electron chi connectivity index (χ4n) is 4.68. The standard InChI is InChI=1S/C21H27N5O4/c1-13-18(14-6-9-26(13)10-7-14)23-19(27)15-2-4-16(5-3-15)29-21-25-24-20(30-21)17-12-28-11-8-22-17/h2-5,13-14,17-18,22H,6-12H2,1H3,(H,23,27)/t13-,17?,18-/m0/s1. The van der Waals surface area contributed by atoms with Crippen molar-refractivity contribution in [3.05, 3.63) is 35.7 Å². The van der Waals surface area contributed by atoms with Crippen molar-refractivity contribution in [3.63, 3.8) is 0 Å². The molecule has 2 aromatic rings. The number of amides is 1. The monoisotopic (exact) mass is 413 g/mol. The summed E-state index contributed by atoms with van der Waals surface area (Å²) in [5, 5.41) is 14.5. The zero-order chi connectivity index (χ0) is 20.5. The summed E-state index contributed by atoms with van der Waals surface area (Å²) in [6.45, 7) is 6.40. The Bertz CT molecular complexity index is 870. The van der Waals surface area contributed by atoms with E-state index in [0.29, 0.717) is 42.4 Å². The molecule has 3 atom stereocenters. The third-order valence-electron chi connectivity index (χ3n) is 6.44. The van der Waals surface area contributed by atoms with E-state index in [1.807, 2.05) is 0 Å². The Morgan fingerprint density at radius 3 is 2.73 bits per heavy atom. The summed E-state index contributed by atoms with van der Waals surface area (Å²) in [7, 11) is 0. The topological polar surface area (TPSA) is 102 Å². The van der Waals surface area contributed by atoms with Gasteiger partial charge in [-0.3, -0.25) is 9.69 Å². The third kappa shape index (κ3) is 3.92. The first kappa shape index (κ1) is 19.5. The average Bonchev–Trinajstić information content (AvgIpc) is 3.26. The number of piperidine rings is 3. The van der Waals surface area contributed by atoms with Crippen LogP contribution in [-0.4, -0.2) is 65.9 Å². The van der Waals surface area contributed by atoms with Crippen LogP contribution in [-0.2, 0) is 4.74 Å². The van der Waals surface area contributed by atoms with Crippen LogP contribution < -0.4 is 15.4 Å². The van der Waals surface area contributed by atoms with Gasteiger partial charge in [0, 0.05) is 24.2 Å². The highest BCUT2D eigenvalue weighted by Gasteiger charge is 2.40. The number of nitrogens with zero attached hydrogens (tertiary/aromatic N) is 3. The highest BCUT2D eigenvalue weighted by atomic mass is 16.6. The van der Waals surface area contributed by atoms with Crippen molar-refractivity contribution >= 4 is 5.91 Å². The van der Waals surface area contributed by atoms with Crippen LogP contribution in [0.4, 0.5) is 0 Å². The molecule has 2 N–H and O–H groups in total. The normalized spacial score (nSPS) is 30.8. The predicted octanol–water partition coefficient (Wildman–Crippen LogP) is 1.74. The molecule has 160 valence electrons. The lowest BCUT2D eigenvalue weighted by Gasteiger charge is -2.49. The number of carbonyl (C=O) groups excluding carboxylic acids is 1. The number of benzene rings is 1. The Labute approximate surface area is 175 Å². The van der Waals surface area contributed by atoms with Gasteiger partial charge in [0.05, 0.1) is 13.2 Å². The highest BCUT2D eigenvalue weighted by molar-refractivity contribution is 5.94. The molecule has 0 radical (unpaired) electrons. The minimum atomic E-state index is -0.122. The van der Waals surface area contributed by atoms with E-state index >= 15 is 0 Å². The Morgan fingerprint density at radius 1 is 1.23 bits per heavy atom. The molecule has 4 saturated heterocycles. The first-order valence-electron chi connectivity index (χ1n) is 10.6. The second-order valence-corrected chi connectivity index (χ2v) is 8.23. The lowest BCUT2D eigenvalue weighted by molar-refractivity contribution is 0.0217. The molecule has 2 bridgehead atoms. The van der Waals surface area contributed by atoms with Crippen molar-refractivity contribution in [2.45, 2.75) is 37.9 Å². The minimum Gasteiger partial charge on any atom is -0.410 e. The first-order chi connectivity index (χ1) is 14.7. The lowest BCUT2D eigenvalue weighted by atomic mass is 9.79. The molecule has 1 unspecified atom stereocenters. The molecule has 30 heavy (non-hydrogen) atoms. The van der Waals surface area contributed by atoms with Crippen molar-refractivity contribution in [1.82, 2.24) is 25.7 Å².